The number of amides is 1. The van der Waals surface area contributed by atoms with E-state index in [9.17, 15) is 14.9 Å². The number of rotatable bonds is 6. The SMILES string of the molecule is Cc1cc(SCC(=O)OCC(=O)Nc2sc3c(c2C#N)CCCC3)c(C)cc1Br. The lowest BCUT2D eigenvalue weighted by Crippen LogP contribution is -2.21. The van der Waals surface area contributed by atoms with E-state index < -0.39 is 11.9 Å². The number of nitrogens with zero attached hydrogens (tertiary/aromatic N) is 1. The van der Waals surface area contributed by atoms with Gasteiger partial charge in [-0.1, -0.05) is 15.9 Å². The van der Waals surface area contributed by atoms with Crippen molar-refractivity contribution in [1.29, 1.82) is 5.26 Å². The molecule has 0 aliphatic heterocycles. The molecule has 1 aliphatic rings. The number of thioether (sulfide) groups is 1. The molecule has 152 valence electrons. The van der Waals surface area contributed by atoms with Crippen molar-refractivity contribution in [3.63, 3.8) is 0 Å². The van der Waals surface area contributed by atoms with Crippen LogP contribution in [0.25, 0.3) is 0 Å². The fraction of sp³-hybridized carbons (Fsp3) is 0.381. The minimum atomic E-state index is -0.448. The third-order valence-corrected chi connectivity index (χ3v) is 7.89. The molecule has 2 aromatic rings. The predicted octanol–water partition coefficient (Wildman–Crippen LogP) is 5.15. The molecule has 1 amide bonds. The molecule has 5 nitrogen and oxygen atoms in total. The highest BCUT2D eigenvalue weighted by molar-refractivity contribution is 9.10. The summed E-state index contributed by atoms with van der Waals surface area (Å²) in [5.74, 6) is -0.739. The molecule has 1 heterocycles. The Kier molecular flexibility index (Phi) is 7.38. The first-order valence-corrected chi connectivity index (χ1v) is 11.9. The van der Waals surface area contributed by atoms with Gasteiger partial charge in [0.2, 0.25) is 0 Å². The van der Waals surface area contributed by atoms with Crippen molar-refractivity contribution in [2.45, 2.75) is 44.4 Å². The molecule has 3 rings (SSSR count). The topological polar surface area (TPSA) is 79.2 Å². The number of halogens is 1. The second-order valence-corrected chi connectivity index (χ2v) is 9.87. The summed E-state index contributed by atoms with van der Waals surface area (Å²) in [5.41, 5.74) is 3.79. The van der Waals surface area contributed by atoms with Crippen LogP contribution in [-0.4, -0.2) is 24.2 Å². The van der Waals surface area contributed by atoms with E-state index >= 15 is 0 Å². The Hall–Kier alpha value is -1.82. The summed E-state index contributed by atoms with van der Waals surface area (Å²) in [7, 11) is 0. The Balaban J connectivity index is 1.51. The lowest BCUT2D eigenvalue weighted by atomic mass is 9.96. The molecule has 0 fully saturated rings. The molecular weight excluding hydrogens is 472 g/mol. The number of carbonyl (C=O) groups excluding carboxylic acids is 2. The van der Waals surface area contributed by atoms with Gasteiger partial charge >= 0.3 is 5.97 Å². The van der Waals surface area contributed by atoms with Crippen molar-refractivity contribution < 1.29 is 14.3 Å². The average Bonchev–Trinajstić information content (AvgIpc) is 3.04. The third kappa shape index (κ3) is 5.41. The van der Waals surface area contributed by atoms with E-state index in [4.69, 9.17) is 4.74 Å². The number of fused-ring (bicyclic) bond motifs is 1. The van der Waals surface area contributed by atoms with Gasteiger partial charge in [0.15, 0.2) is 6.61 Å². The molecule has 1 aliphatic carbocycles. The summed E-state index contributed by atoms with van der Waals surface area (Å²) in [6, 6.07) is 6.25. The molecule has 29 heavy (non-hydrogen) atoms. The van der Waals surface area contributed by atoms with Crippen LogP contribution in [0.5, 0.6) is 0 Å². The van der Waals surface area contributed by atoms with Gasteiger partial charge in [0, 0.05) is 14.2 Å². The van der Waals surface area contributed by atoms with Crippen LogP contribution >= 0.6 is 39.0 Å². The number of esters is 1. The molecule has 1 aromatic carbocycles. The summed E-state index contributed by atoms with van der Waals surface area (Å²) < 4.78 is 6.14. The fourth-order valence-corrected chi connectivity index (χ4v) is 5.79. The number of thiophene rings is 1. The van der Waals surface area contributed by atoms with Gasteiger partial charge < -0.3 is 10.1 Å². The van der Waals surface area contributed by atoms with Crippen LogP contribution in [-0.2, 0) is 27.2 Å². The second kappa shape index (κ2) is 9.79. The van der Waals surface area contributed by atoms with E-state index in [2.05, 4.69) is 27.3 Å². The molecule has 0 spiro atoms. The standard InChI is InChI=1S/C21H21BrN2O3S2/c1-12-8-18(13(2)7-16(12)22)28-11-20(26)27-10-19(25)24-21-15(9-23)14-5-3-4-6-17(14)29-21/h7-8H,3-6,10-11H2,1-2H3,(H,24,25). The molecule has 1 aromatic heterocycles. The molecule has 0 radical (unpaired) electrons. The van der Waals surface area contributed by atoms with Crippen molar-refractivity contribution in [2.24, 2.45) is 0 Å². The minimum absolute atomic E-state index is 0.131. The zero-order chi connectivity index (χ0) is 21.0. The highest BCUT2D eigenvalue weighted by atomic mass is 79.9. The first-order chi connectivity index (χ1) is 13.9. The zero-order valence-corrected chi connectivity index (χ0v) is 19.5. The van der Waals surface area contributed by atoms with Gasteiger partial charge in [-0.15, -0.1) is 23.1 Å². The summed E-state index contributed by atoms with van der Waals surface area (Å²) in [4.78, 5) is 26.4. The number of hydrogen-bond acceptors (Lipinski definition) is 6. The average molecular weight is 493 g/mol. The highest BCUT2D eigenvalue weighted by Gasteiger charge is 2.22. The van der Waals surface area contributed by atoms with Crippen LogP contribution in [0.4, 0.5) is 5.00 Å². The number of aryl methyl sites for hydroxylation is 3. The predicted molar refractivity (Wildman–Crippen MR) is 120 cm³/mol. The number of nitriles is 1. The highest BCUT2D eigenvalue weighted by Crippen LogP contribution is 2.37. The molecule has 0 unspecified atom stereocenters. The lowest BCUT2D eigenvalue weighted by molar-refractivity contribution is -0.144. The van der Waals surface area contributed by atoms with Crippen molar-refractivity contribution >= 4 is 55.9 Å². The fourth-order valence-electron chi connectivity index (χ4n) is 3.17. The molecule has 0 atom stereocenters. The zero-order valence-electron chi connectivity index (χ0n) is 16.3. The minimum Gasteiger partial charge on any atom is -0.455 e. The molecule has 0 saturated heterocycles. The van der Waals surface area contributed by atoms with Crippen LogP contribution in [0, 0.1) is 25.2 Å². The van der Waals surface area contributed by atoms with Gasteiger partial charge in [-0.05, 0) is 68.4 Å². The van der Waals surface area contributed by atoms with E-state index in [0.29, 0.717) is 10.6 Å². The van der Waals surface area contributed by atoms with E-state index in [-0.39, 0.29) is 12.4 Å². The van der Waals surface area contributed by atoms with Gasteiger partial charge in [-0.3, -0.25) is 9.59 Å². The Morgan fingerprint density at radius 3 is 2.79 bits per heavy atom. The van der Waals surface area contributed by atoms with Crippen molar-refractivity contribution in [3.05, 3.63) is 43.7 Å². The van der Waals surface area contributed by atoms with Gasteiger partial charge in [0.25, 0.3) is 5.91 Å². The van der Waals surface area contributed by atoms with Crippen molar-refractivity contribution in [3.8, 4) is 6.07 Å². The smallest absolute Gasteiger partial charge is 0.316 e. The maximum Gasteiger partial charge on any atom is 0.316 e. The number of anilines is 1. The summed E-state index contributed by atoms with van der Waals surface area (Å²) in [5, 5.41) is 12.7. The monoisotopic (exact) mass is 492 g/mol. The van der Waals surface area contributed by atoms with E-state index in [1.165, 1.54) is 28.0 Å². The van der Waals surface area contributed by atoms with Gasteiger partial charge in [0.05, 0.1) is 11.3 Å². The van der Waals surface area contributed by atoms with Crippen LogP contribution in [0.1, 0.15) is 40.0 Å². The van der Waals surface area contributed by atoms with Crippen LogP contribution in [0.15, 0.2) is 21.5 Å². The first-order valence-electron chi connectivity index (χ1n) is 9.28. The molecule has 8 heteroatoms. The number of carbonyl (C=O) groups is 2. The summed E-state index contributed by atoms with van der Waals surface area (Å²) in [6.45, 7) is 3.62. The van der Waals surface area contributed by atoms with E-state index in [1.54, 1.807) is 0 Å². The molecular formula is C21H21BrN2O3S2. The Morgan fingerprint density at radius 1 is 1.28 bits per heavy atom. The van der Waals surface area contributed by atoms with Crippen molar-refractivity contribution in [2.75, 3.05) is 17.7 Å². The Labute approximate surface area is 187 Å². The van der Waals surface area contributed by atoms with Crippen LogP contribution in [0.2, 0.25) is 0 Å². The second-order valence-electron chi connectivity index (χ2n) is 6.89. The van der Waals surface area contributed by atoms with Gasteiger partial charge in [0.1, 0.15) is 11.1 Å². The quantitative estimate of drug-likeness (QED) is 0.445. The first kappa shape index (κ1) is 21.9. The summed E-state index contributed by atoms with van der Waals surface area (Å²) in [6.07, 6.45) is 4.01. The maximum absolute atomic E-state index is 12.2. The molecule has 0 bridgehead atoms. The number of benzene rings is 1. The van der Waals surface area contributed by atoms with Gasteiger partial charge in [-0.25, -0.2) is 0 Å². The Bertz CT molecular complexity index is 995. The largest absolute Gasteiger partial charge is 0.455 e. The third-order valence-electron chi connectivity index (χ3n) is 4.70. The van der Waals surface area contributed by atoms with Crippen LogP contribution < -0.4 is 5.32 Å². The maximum atomic E-state index is 12.2. The van der Waals surface area contributed by atoms with Crippen LogP contribution in [0.3, 0.4) is 0 Å². The number of ether oxygens (including phenoxy) is 1. The Morgan fingerprint density at radius 2 is 2.03 bits per heavy atom. The normalized spacial score (nSPS) is 12.8. The molecule has 1 N–H and O–H groups in total. The van der Waals surface area contributed by atoms with E-state index in [1.807, 2.05) is 26.0 Å². The van der Waals surface area contributed by atoms with Crippen molar-refractivity contribution in [1.82, 2.24) is 0 Å². The lowest BCUT2D eigenvalue weighted by Gasteiger charge is -2.09. The summed E-state index contributed by atoms with van der Waals surface area (Å²) >= 11 is 6.34. The molecule has 0 saturated carbocycles. The number of nitrogens with one attached hydrogen (secondary N) is 1. The van der Waals surface area contributed by atoms with Gasteiger partial charge in [-0.2, -0.15) is 5.26 Å². The number of hydrogen-bond donors (Lipinski definition) is 1. The van der Waals surface area contributed by atoms with E-state index in [0.717, 1.165) is 51.7 Å².